The van der Waals surface area contributed by atoms with E-state index in [2.05, 4.69) is 40.2 Å². The van der Waals surface area contributed by atoms with Crippen LogP contribution in [0.3, 0.4) is 0 Å². The molecule has 0 atom stereocenters. The molecule has 0 aliphatic carbocycles. The Hall–Kier alpha value is -2.49. The molecule has 2 heterocycles. The van der Waals surface area contributed by atoms with Gasteiger partial charge in [0.05, 0.1) is 17.6 Å². The van der Waals surface area contributed by atoms with E-state index >= 15 is 0 Å². The van der Waals surface area contributed by atoms with Gasteiger partial charge >= 0.3 is 0 Å². The Morgan fingerprint density at radius 1 is 1.15 bits per heavy atom. The van der Waals surface area contributed by atoms with Gasteiger partial charge < -0.3 is 0 Å². The standard InChI is InChI=1S/C16H16N4/c1-2-5-13-6-3-4-7-16(13)20-11-14(10-19-20)15-8-9-17-12-18-15/h3-4,6-12H,2,5H2,1H3. The Bertz CT molecular complexity index is 688. The van der Waals surface area contributed by atoms with Crippen molar-refractivity contribution in [1.82, 2.24) is 19.7 Å². The Balaban J connectivity index is 1.98. The third-order valence-corrected chi connectivity index (χ3v) is 3.22. The minimum absolute atomic E-state index is 0.888. The summed E-state index contributed by atoms with van der Waals surface area (Å²) in [5.74, 6) is 0. The highest BCUT2D eigenvalue weighted by atomic mass is 15.3. The zero-order valence-corrected chi connectivity index (χ0v) is 11.4. The van der Waals surface area contributed by atoms with Crippen molar-refractivity contribution in [2.45, 2.75) is 19.8 Å². The van der Waals surface area contributed by atoms with Gasteiger partial charge in [0.25, 0.3) is 0 Å². The molecule has 0 saturated heterocycles. The first-order valence-corrected chi connectivity index (χ1v) is 6.78. The SMILES string of the molecule is CCCc1ccccc1-n1cc(-c2ccncn2)cn1. The molecule has 0 saturated carbocycles. The van der Waals surface area contributed by atoms with Crippen LogP contribution in [0.25, 0.3) is 16.9 Å². The van der Waals surface area contributed by atoms with Crippen LogP contribution in [0.4, 0.5) is 0 Å². The van der Waals surface area contributed by atoms with E-state index in [-0.39, 0.29) is 0 Å². The summed E-state index contributed by atoms with van der Waals surface area (Å²) in [6.45, 7) is 2.19. The van der Waals surface area contributed by atoms with Crippen LogP contribution in [-0.4, -0.2) is 19.7 Å². The molecule has 3 aromatic rings. The van der Waals surface area contributed by atoms with Gasteiger partial charge in [-0.2, -0.15) is 5.10 Å². The second kappa shape index (κ2) is 5.65. The van der Waals surface area contributed by atoms with Gasteiger partial charge in [0, 0.05) is 18.0 Å². The van der Waals surface area contributed by atoms with Gasteiger partial charge in [0.1, 0.15) is 6.33 Å². The molecule has 3 rings (SSSR count). The Labute approximate surface area is 118 Å². The predicted octanol–water partition coefficient (Wildman–Crippen LogP) is 3.28. The third kappa shape index (κ3) is 2.45. The van der Waals surface area contributed by atoms with Gasteiger partial charge in [-0.25, -0.2) is 14.6 Å². The van der Waals surface area contributed by atoms with Crippen molar-refractivity contribution in [3.8, 4) is 16.9 Å². The van der Waals surface area contributed by atoms with Crippen LogP contribution in [0.1, 0.15) is 18.9 Å². The highest BCUT2D eigenvalue weighted by Crippen LogP contribution is 2.20. The maximum atomic E-state index is 4.46. The third-order valence-electron chi connectivity index (χ3n) is 3.22. The molecule has 0 fully saturated rings. The van der Waals surface area contributed by atoms with E-state index in [0.29, 0.717) is 0 Å². The fourth-order valence-electron chi connectivity index (χ4n) is 2.26. The largest absolute Gasteiger partial charge is 0.245 e. The molecule has 0 aliphatic heterocycles. The number of rotatable bonds is 4. The van der Waals surface area contributed by atoms with E-state index in [0.717, 1.165) is 29.8 Å². The van der Waals surface area contributed by atoms with Crippen LogP contribution < -0.4 is 0 Å². The lowest BCUT2D eigenvalue weighted by Gasteiger charge is -2.08. The van der Waals surface area contributed by atoms with Crippen molar-refractivity contribution in [1.29, 1.82) is 0 Å². The number of hydrogen-bond donors (Lipinski definition) is 0. The van der Waals surface area contributed by atoms with Crippen LogP contribution in [0.2, 0.25) is 0 Å². The first-order chi connectivity index (χ1) is 9.88. The first kappa shape index (κ1) is 12.5. The predicted molar refractivity (Wildman–Crippen MR) is 78.6 cm³/mol. The van der Waals surface area contributed by atoms with E-state index in [4.69, 9.17) is 0 Å². The normalized spacial score (nSPS) is 10.7. The van der Waals surface area contributed by atoms with E-state index in [1.807, 2.05) is 29.2 Å². The van der Waals surface area contributed by atoms with E-state index in [9.17, 15) is 0 Å². The first-order valence-electron chi connectivity index (χ1n) is 6.78. The van der Waals surface area contributed by atoms with Crippen molar-refractivity contribution in [3.05, 3.63) is 60.8 Å². The second-order valence-electron chi connectivity index (χ2n) is 4.65. The maximum Gasteiger partial charge on any atom is 0.116 e. The molecule has 20 heavy (non-hydrogen) atoms. The van der Waals surface area contributed by atoms with Crippen LogP contribution in [0, 0.1) is 0 Å². The van der Waals surface area contributed by atoms with E-state index in [1.54, 1.807) is 12.5 Å². The molecule has 0 amide bonds. The minimum atomic E-state index is 0.888. The molecule has 100 valence electrons. The molecule has 0 aliphatic rings. The fraction of sp³-hybridized carbons (Fsp3) is 0.188. The summed E-state index contributed by atoms with van der Waals surface area (Å²) in [6.07, 6.45) is 9.32. The van der Waals surface area contributed by atoms with E-state index in [1.165, 1.54) is 5.56 Å². The van der Waals surface area contributed by atoms with E-state index < -0.39 is 0 Å². The van der Waals surface area contributed by atoms with Gasteiger partial charge in [0.15, 0.2) is 0 Å². The fourth-order valence-corrected chi connectivity index (χ4v) is 2.26. The summed E-state index contributed by atoms with van der Waals surface area (Å²) >= 11 is 0. The van der Waals surface area contributed by atoms with Crippen LogP contribution in [0.15, 0.2) is 55.2 Å². The van der Waals surface area contributed by atoms with Gasteiger partial charge in [0.2, 0.25) is 0 Å². The molecule has 4 heteroatoms. The molecule has 1 aromatic carbocycles. The summed E-state index contributed by atoms with van der Waals surface area (Å²) in [4.78, 5) is 8.19. The van der Waals surface area contributed by atoms with Crippen molar-refractivity contribution in [2.24, 2.45) is 0 Å². The monoisotopic (exact) mass is 264 g/mol. The quantitative estimate of drug-likeness (QED) is 0.726. The van der Waals surface area contributed by atoms with Crippen LogP contribution in [0.5, 0.6) is 0 Å². The average Bonchev–Trinajstić information content (AvgIpc) is 2.99. The number of benzene rings is 1. The Morgan fingerprint density at radius 2 is 2.05 bits per heavy atom. The summed E-state index contributed by atoms with van der Waals surface area (Å²) in [7, 11) is 0. The number of para-hydroxylation sites is 1. The molecule has 0 bridgehead atoms. The summed E-state index contributed by atoms with van der Waals surface area (Å²) in [6, 6.07) is 10.3. The molecule has 0 unspecified atom stereocenters. The minimum Gasteiger partial charge on any atom is -0.245 e. The lowest BCUT2D eigenvalue weighted by atomic mass is 10.1. The maximum absolute atomic E-state index is 4.46. The molecular formula is C16H16N4. The summed E-state index contributed by atoms with van der Waals surface area (Å²) < 4.78 is 1.92. The van der Waals surface area contributed by atoms with Crippen molar-refractivity contribution >= 4 is 0 Å². The molecule has 2 aromatic heterocycles. The Kier molecular flexibility index (Phi) is 3.54. The highest BCUT2D eigenvalue weighted by molar-refractivity contribution is 5.57. The van der Waals surface area contributed by atoms with Crippen molar-refractivity contribution in [3.63, 3.8) is 0 Å². The number of hydrogen-bond acceptors (Lipinski definition) is 3. The van der Waals surface area contributed by atoms with Gasteiger partial charge in [-0.3, -0.25) is 0 Å². The van der Waals surface area contributed by atoms with Crippen LogP contribution in [-0.2, 0) is 6.42 Å². The summed E-state index contributed by atoms with van der Waals surface area (Å²) in [5, 5.41) is 4.46. The smallest absolute Gasteiger partial charge is 0.116 e. The lowest BCUT2D eigenvalue weighted by molar-refractivity contribution is 0.839. The molecule has 0 spiro atoms. The van der Waals surface area contributed by atoms with Crippen LogP contribution >= 0.6 is 0 Å². The number of nitrogens with zero attached hydrogens (tertiary/aromatic N) is 4. The van der Waals surface area contributed by atoms with Crippen molar-refractivity contribution in [2.75, 3.05) is 0 Å². The zero-order valence-electron chi connectivity index (χ0n) is 11.4. The van der Waals surface area contributed by atoms with Gasteiger partial charge in [-0.15, -0.1) is 0 Å². The topological polar surface area (TPSA) is 43.6 Å². The molecular weight excluding hydrogens is 248 g/mol. The average molecular weight is 264 g/mol. The van der Waals surface area contributed by atoms with Gasteiger partial charge in [-0.05, 0) is 24.1 Å². The zero-order chi connectivity index (χ0) is 13.8. The lowest BCUT2D eigenvalue weighted by Crippen LogP contribution is -1.99. The van der Waals surface area contributed by atoms with Gasteiger partial charge in [-0.1, -0.05) is 31.5 Å². The number of aryl methyl sites for hydroxylation is 1. The molecule has 4 nitrogen and oxygen atoms in total. The summed E-state index contributed by atoms with van der Waals surface area (Å²) in [5.41, 5.74) is 4.33. The molecule has 0 N–H and O–H groups in total. The Morgan fingerprint density at radius 3 is 2.85 bits per heavy atom. The highest BCUT2D eigenvalue weighted by Gasteiger charge is 2.07. The van der Waals surface area contributed by atoms with Crippen molar-refractivity contribution < 1.29 is 0 Å². The number of aromatic nitrogens is 4. The molecule has 0 radical (unpaired) electrons. The second-order valence-corrected chi connectivity index (χ2v) is 4.65.